The maximum absolute atomic E-state index is 12.3. The highest BCUT2D eigenvalue weighted by atomic mass is 16.5. The van der Waals surface area contributed by atoms with E-state index in [9.17, 15) is 9.90 Å². The number of aliphatic hydroxyl groups excluding tert-OH is 1. The molecule has 0 aromatic heterocycles. The molecule has 1 aromatic rings. The molecule has 2 rings (SSSR count). The van der Waals surface area contributed by atoms with Crippen LogP contribution in [0.2, 0.25) is 0 Å². The predicted octanol–water partition coefficient (Wildman–Crippen LogP) is 0.874. The van der Waals surface area contributed by atoms with Gasteiger partial charge in [0.1, 0.15) is 0 Å². The van der Waals surface area contributed by atoms with E-state index < -0.39 is 6.10 Å². The molecule has 5 heteroatoms. The summed E-state index contributed by atoms with van der Waals surface area (Å²) >= 11 is 0. The Hall–Kier alpha value is -1.75. The molecule has 1 atom stereocenters. The molecule has 0 bridgehead atoms. The molecule has 3 N–H and O–H groups in total. The van der Waals surface area contributed by atoms with Gasteiger partial charge in [-0.3, -0.25) is 4.79 Å². The summed E-state index contributed by atoms with van der Waals surface area (Å²) in [5, 5.41) is 9.47. The first-order valence-corrected chi connectivity index (χ1v) is 6.12. The fourth-order valence-electron chi connectivity index (χ4n) is 2.13. The minimum absolute atomic E-state index is 0.137. The van der Waals surface area contributed by atoms with Gasteiger partial charge in [-0.05, 0) is 25.5 Å². The smallest absolute Gasteiger partial charge is 0.257 e. The van der Waals surface area contributed by atoms with Crippen molar-refractivity contribution in [1.82, 2.24) is 4.90 Å². The van der Waals surface area contributed by atoms with Gasteiger partial charge in [-0.15, -0.1) is 0 Å². The number of benzene rings is 1. The zero-order valence-electron chi connectivity index (χ0n) is 10.4. The molecule has 0 saturated carbocycles. The number of nitrogens with two attached hydrogens (primary N) is 1. The summed E-state index contributed by atoms with van der Waals surface area (Å²) in [5.41, 5.74) is 6.75. The molecule has 18 heavy (non-hydrogen) atoms. The Morgan fingerprint density at radius 3 is 3.00 bits per heavy atom. The van der Waals surface area contributed by atoms with Gasteiger partial charge in [0.2, 0.25) is 0 Å². The number of amides is 1. The molecular formula is C13H18N2O3. The quantitative estimate of drug-likeness (QED) is 0.781. The van der Waals surface area contributed by atoms with Crippen molar-refractivity contribution < 1.29 is 14.6 Å². The third-order valence-electron chi connectivity index (χ3n) is 3.02. The maximum Gasteiger partial charge on any atom is 0.257 e. The number of para-hydroxylation sites is 1. The second kappa shape index (κ2) is 5.27. The number of nitrogens with zero attached hydrogens (tertiary/aromatic N) is 1. The lowest BCUT2D eigenvalue weighted by Crippen LogP contribution is -2.30. The molecule has 1 saturated heterocycles. The molecule has 0 aliphatic carbocycles. The normalized spacial score (nSPS) is 19.0. The summed E-state index contributed by atoms with van der Waals surface area (Å²) in [7, 11) is 0. The van der Waals surface area contributed by atoms with Crippen molar-refractivity contribution in [3.05, 3.63) is 23.8 Å². The lowest BCUT2D eigenvalue weighted by atomic mass is 10.1. The molecule has 1 aromatic carbocycles. The van der Waals surface area contributed by atoms with Crippen LogP contribution < -0.4 is 10.5 Å². The molecule has 0 unspecified atom stereocenters. The number of rotatable bonds is 3. The van der Waals surface area contributed by atoms with Crippen LogP contribution >= 0.6 is 0 Å². The number of hydrogen-bond acceptors (Lipinski definition) is 4. The maximum atomic E-state index is 12.3. The molecule has 0 spiro atoms. The number of hydrogen-bond donors (Lipinski definition) is 2. The summed E-state index contributed by atoms with van der Waals surface area (Å²) in [6.45, 7) is 3.25. The number of carbonyl (C=O) groups excluding carboxylic acids is 1. The molecular weight excluding hydrogens is 232 g/mol. The van der Waals surface area contributed by atoms with E-state index in [-0.39, 0.29) is 5.91 Å². The van der Waals surface area contributed by atoms with Crippen LogP contribution in [-0.2, 0) is 0 Å². The van der Waals surface area contributed by atoms with Gasteiger partial charge < -0.3 is 20.5 Å². The molecule has 0 radical (unpaired) electrons. The van der Waals surface area contributed by atoms with E-state index in [1.807, 2.05) is 6.92 Å². The average molecular weight is 250 g/mol. The molecule has 1 aliphatic rings. The van der Waals surface area contributed by atoms with Crippen molar-refractivity contribution in [2.45, 2.75) is 19.4 Å². The van der Waals surface area contributed by atoms with Crippen LogP contribution in [0.25, 0.3) is 0 Å². The first-order valence-electron chi connectivity index (χ1n) is 6.12. The van der Waals surface area contributed by atoms with E-state index >= 15 is 0 Å². The summed E-state index contributed by atoms with van der Waals surface area (Å²) in [5.74, 6) is 0.300. The van der Waals surface area contributed by atoms with Crippen molar-refractivity contribution in [1.29, 1.82) is 0 Å². The number of β-amino-alcohol motifs (C(OH)–C–C–N with tert-alkyl or cyclic N) is 1. The average Bonchev–Trinajstić information content (AvgIpc) is 2.78. The van der Waals surface area contributed by atoms with Crippen molar-refractivity contribution in [2.75, 3.05) is 25.4 Å². The Bertz CT molecular complexity index is 448. The van der Waals surface area contributed by atoms with Gasteiger partial charge in [0, 0.05) is 13.1 Å². The zero-order chi connectivity index (χ0) is 13.1. The molecule has 1 heterocycles. The van der Waals surface area contributed by atoms with Crippen LogP contribution in [0.5, 0.6) is 5.75 Å². The van der Waals surface area contributed by atoms with E-state index in [0.717, 1.165) is 0 Å². The standard InChI is InChI=1S/C13H18N2O3/c1-2-18-12-10(4-3-5-11(12)14)13(17)15-7-6-9(16)8-15/h3-5,9,16H,2,6-8,14H2,1H3/t9-/m1/s1. The minimum atomic E-state index is -0.425. The third kappa shape index (κ3) is 2.41. The van der Waals surface area contributed by atoms with Crippen molar-refractivity contribution in [3.8, 4) is 5.75 Å². The first-order chi connectivity index (χ1) is 8.63. The van der Waals surface area contributed by atoms with Crippen LogP contribution in [0.4, 0.5) is 5.69 Å². The first kappa shape index (κ1) is 12.7. The van der Waals surface area contributed by atoms with Crippen LogP contribution in [0.1, 0.15) is 23.7 Å². The van der Waals surface area contributed by atoms with E-state index in [4.69, 9.17) is 10.5 Å². The van der Waals surface area contributed by atoms with Crippen LogP contribution in [0.3, 0.4) is 0 Å². The van der Waals surface area contributed by atoms with Crippen molar-refractivity contribution in [2.24, 2.45) is 0 Å². The van der Waals surface area contributed by atoms with Crippen molar-refractivity contribution >= 4 is 11.6 Å². The number of nitrogen functional groups attached to an aromatic ring is 1. The third-order valence-corrected chi connectivity index (χ3v) is 3.02. The van der Waals surface area contributed by atoms with Gasteiger partial charge >= 0.3 is 0 Å². The topological polar surface area (TPSA) is 75.8 Å². The largest absolute Gasteiger partial charge is 0.491 e. The number of aliphatic hydroxyl groups is 1. The summed E-state index contributed by atoms with van der Waals surface area (Å²) < 4.78 is 5.44. The lowest BCUT2D eigenvalue weighted by Gasteiger charge is -2.18. The molecule has 1 aliphatic heterocycles. The Kier molecular flexibility index (Phi) is 3.72. The predicted molar refractivity (Wildman–Crippen MR) is 68.6 cm³/mol. The monoisotopic (exact) mass is 250 g/mol. The van der Waals surface area contributed by atoms with E-state index in [0.29, 0.717) is 43.1 Å². The van der Waals surface area contributed by atoms with Crippen LogP contribution in [0, 0.1) is 0 Å². The fourth-order valence-corrected chi connectivity index (χ4v) is 2.13. The Labute approximate surface area is 106 Å². The second-order valence-corrected chi connectivity index (χ2v) is 4.35. The van der Waals surface area contributed by atoms with E-state index in [1.54, 1.807) is 23.1 Å². The van der Waals surface area contributed by atoms with E-state index in [1.165, 1.54) is 0 Å². The lowest BCUT2D eigenvalue weighted by molar-refractivity contribution is 0.0761. The molecule has 98 valence electrons. The van der Waals surface area contributed by atoms with Gasteiger partial charge in [0.25, 0.3) is 5.91 Å². The molecule has 5 nitrogen and oxygen atoms in total. The van der Waals surface area contributed by atoms with Gasteiger partial charge in [0.05, 0.1) is 24.0 Å². The molecule has 1 amide bonds. The van der Waals surface area contributed by atoms with Gasteiger partial charge in [-0.1, -0.05) is 6.07 Å². The number of anilines is 1. The highest BCUT2D eigenvalue weighted by molar-refractivity contribution is 5.98. The minimum Gasteiger partial charge on any atom is -0.491 e. The highest BCUT2D eigenvalue weighted by Crippen LogP contribution is 2.28. The molecule has 1 fully saturated rings. The van der Waals surface area contributed by atoms with Crippen LogP contribution in [0.15, 0.2) is 18.2 Å². The summed E-state index contributed by atoms with van der Waals surface area (Å²) in [4.78, 5) is 13.9. The van der Waals surface area contributed by atoms with Gasteiger partial charge in [0.15, 0.2) is 5.75 Å². The van der Waals surface area contributed by atoms with Crippen LogP contribution in [-0.4, -0.2) is 41.7 Å². The number of ether oxygens (including phenoxy) is 1. The number of carbonyl (C=O) groups is 1. The Morgan fingerprint density at radius 1 is 1.61 bits per heavy atom. The SMILES string of the molecule is CCOc1c(N)cccc1C(=O)N1CC[C@@H](O)C1. The Morgan fingerprint density at radius 2 is 2.39 bits per heavy atom. The summed E-state index contributed by atoms with van der Waals surface area (Å²) in [6.07, 6.45) is 0.198. The van der Waals surface area contributed by atoms with Gasteiger partial charge in [-0.25, -0.2) is 0 Å². The van der Waals surface area contributed by atoms with Gasteiger partial charge in [-0.2, -0.15) is 0 Å². The highest BCUT2D eigenvalue weighted by Gasteiger charge is 2.27. The Balaban J connectivity index is 2.27. The zero-order valence-corrected chi connectivity index (χ0v) is 10.4. The fraction of sp³-hybridized carbons (Fsp3) is 0.462. The van der Waals surface area contributed by atoms with E-state index in [2.05, 4.69) is 0 Å². The second-order valence-electron chi connectivity index (χ2n) is 4.35. The summed E-state index contributed by atoms with van der Waals surface area (Å²) in [6, 6.07) is 5.15. The van der Waals surface area contributed by atoms with Crippen molar-refractivity contribution in [3.63, 3.8) is 0 Å². The number of likely N-dealkylation sites (tertiary alicyclic amines) is 1.